The van der Waals surface area contributed by atoms with Crippen molar-refractivity contribution in [1.29, 1.82) is 0 Å². The van der Waals surface area contributed by atoms with E-state index in [9.17, 15) is 0 Å². The highest BCUT2D eigenvalue weighted by molar-refractivity contribution is 5.82. The Bertz CT molecular complexity index is 555. The molecule has 102 valence electrons. The van der Waals surface area contributed by atoms with Gasteiger partial charge in [0.1, 0.15) is 0 Å². The van der Waals surface area contributed by atoms with E-state index >= 15 is 0 Å². The van der Waals surface area contributed by atoms with Gasteiger partial charge in [0.2, 0.25) is 0 Å². The number of rotatable bonds is 4. The van der Waals surface area contributed by atoms with Crippen LogP contribution in [0.5, 0.6) is 0 Å². The van der Waals surface area contributed by atoms with E-state index in [0.717, 1.165) is 5.52 Å². The molecule has 3 nitrogen and oxygen atoms in total. The van der Waals surface area contributed by atoms with Gasteiger partial charge >= 0.3 is 0 Å². The van der Waals surface area contributed by atoms with Crippen LogP contribution >= 0.6 is 0 Å². The molecule has 0 aliphatic heterocycles. The Kier molecular flexibility index (Phi) is 3.88. The van der Waals surface area contributed by atoms with Crippen LogP contribution in [0.2, 0.25) is 0 Å². The van der Waals surface area contributed by atoms with Crippen molar-refractivity contribution < 1.29 is 0 Å². The van der Waals surface area contributed by atoms with Gasteiger partial charge in [-0.05, 0) is 46.6 Å². The number of likely N-dealkylation sites (N-methyl/N-ethyl adjacent to an activating group) is 2. The quantitative estimate of drug-likeness (QED) is 0.913. The summed E-state index contributed by atoms with van der Waals surface area (Å²) in [5, 5.41) is 4.64. The highest BCUT2D eigenvalue weighted by Crippen LogP contribution is 2.32. The number of hydrogen-bond donors (Lipinski definition) is 1. The third-order valence-electron chi connectivity index (χ3n) is 4.12. The van der Waals surface area contributed by atoms with Crippen LogP contribution in [-0.2, 0) is 0 Å². The summed E-state index contributed by atoms with van der Waals surface area (Å²) >= 11 is 0. The summed E-state index contributed by atoms with van der Waals surface area (Å²) < 4.78 is 0. The van der Waals surface area contributed by atoms with E-state index in [2.05, 4.69) is 67.4 Å². The van der Waals surface area contributed by atoms with Gasteiger partial charge in [-0.15, -0.1) is 0 Å². The predicted molar refractivity (Wildman–Crippen MR) is 81.3 cm³/mol. The number of aromatic nitrogens is 1. The SMILES string of the molecule is CNC(c1cccc2cccnc12)C(C)(C)N(C)C. The van der Waals surface area contributed by atoms with Crippen molar-refractivity contribution >= 4 is 10.9 Å². The standard InChI is InChI=1S/C16H23N3/c1-16(2,19(4)5)15(17-3)13-10-6-8-12-9-7-11-18-14(12)13/h6-11,15,17H,1-5H3. The first-order chi connectivity index (χ1) is 8.98. The fraction of sp³-hybridized carbons (Fsp3) is 0.438. The van der Waals surface area contributed by atoms with Crippen molar-refractivity contribution in [2.45, 2.75) is 25.4 Å². The molecule has 2 rings (SSSR count). The lowest BCUT2D eigenvalue weighted by Crippen LogP contribution is -2.48. The molecule has 0 radical (unpaired) electrons. The minimum atomic E-state index is 0.000550. The normalized spacial score (nSPS) is 14.0. The van der Waals surface area contributed by atoms with Crippen LogP contribution in [-0.4, -0.2) is 36.6 Å². The molecule has 0 saturated heterocycles. The zero-order chi connectivity index (χ0) is 14.0. The lowest BCUT2D eigenvalue weighted by Gasteiger charge is -2.40. The minimum Gasteiger partial charge on any atom is -0.311 e. The Morgan fingerprint density at radius 1 is 1.16 bits per heavy atom. The van der Waals surface area contributed by atoms with E-state index in [-0.39, 0.29) is 11.6 Å². The molecule has 0 aliphatic carbocycles. The third kappa shape index (κ3) is 2.48. The molecule has 0 saturated carbocycles. The first-order valence-electron chi connectivity index (χ1n) is 6.67. The molecule has 1 aromatic heterocycles. The zero-order valence-electron chi connectivity index (χ0n) is 12.4. The van der Waals surface area contributed by atoms with Gasteiger partial charge in [0.15, 0.2) is 0 Å². The van der Waals surface area contributed by atoms with Crippen molar-refractivity contribution in [3.05, 3.63) is 42.1 Å². The molecule has 0 amide bonds. The first kappa shape index (κ1) is 14.0. The average molecular weight is 257 g/mol. The number of fused-ring (bicyclic) bond motifs is 1. The molecule has 1 N–H and O–H groups in total. The summed E-state index contributed by atoms with van der Waals surface area (Å²) in [7, 11) is 6.24. The van der Waals surface area contributed by atoms with Gasteiger partial charge in [-0.1, -0.05) is 24.3 Å². The average Bonchev–Trinajstić information content (AvgIpc) is 2.39. The minimum absolute atomic E-state index is 0.000550. The second-order valence-electron chi connectivity index (χ2n) is 5.69. The fourth-order valence-electron chi connectivity index (χ4n) is 2.51. The second kappa shape index (κ2) is 5.27. The molecular weight excluding hydrogens is 234 g/mol. The highest BCUT2D eigenvalue weighted by Gasteiger charge is 2.32. The summed E-state index contributed by atoms with van der Waals surface area (Å²) in [6.45, 7) is 4.49. The predicted octanol–water partition coefficient (Wildman–Crippen LogP) is 2.84. The monoisotopic (exact) mass is 257 g/mol. The van der Waals surface area contributed by atoms with Gasteiger partial charge in [0.05, 0.1) is 11.6 Å². The van der Waals surface area contributed by atoms with Crippen LogP contribution < -0.4 is 5.32 Å². The number of pyridine rings is 1. The number of nitrogens with one attached hydrogen (secondary N) is 1. The lowest BCUT2D eigenvalue weighted by molar-refractivity contribution is 0.143. The molecule has 0 aliphatic rings. The molecule has 1 aromatic carbocycles. The van der Waals surface area contributed by atoms with Gasteiger partial charge < -0.3 is 10.2 Å². The van der Waals surface area contributed by atoms with E-state index < -0.39 is 0 Å². The summed E-state index contributed by atoms with van der Waals surface area (Å²) in [5.74, 6) is 0. The van der Waals surface area contributed by atoms with Crippen molar-refractivity contribution in [3.8, 4) is 0 Å². The number of nitrogens with zero attached hydrogens (tertiary/aromatic N) is 2. The highest BCUT2D eigenvalue weighted by atomic mass is 15.2. The molecule has 0 spiro atoms. The fourth-order valence-corrected chi connectivity index (χ4v) is 2.51. The summed E-state index contributed by atoms with van der Waals surface area (Å²) in [4.78, 5) is 6.81. The van der Waals surface area contributed by atoms with Crippen LogP contribution in [0, 0.1) is 0 Å². The van der Waals surface area contributed by atoms with Crippen molar-refractivity contribution in [2.75, 3.05) is 21.1 Å². The summed E-state index contributed by atoms with van der Waals surface area (Å²) in [5.41, 5.74) is 2.33. The van der Waals surface area contributed by atoms with Crippen molar-refractivity contribution in [3.63, 3.8) is 0 Å². The Morgan fingerprint density at radius 2 is 1.84 bits per heavy atom. The van der Waals surface area contributed by atoms with Gasteiger partial charge in [-0.25, -0.2) is 0 Å². The molecule has 2 aromatic rings. The molecule has 3 heteroatoms. The number of benzene rings is 1. The van der Waals surface area contributed by atoms with E-state index in [4.69, 9.17) is 0 Å². The van der Waals surface area contributed by atoms with Crippen LogP contribution in [0.15, 0.2) is 36.5 Å². The van der Waals surface area contributed by atoms with Gasteiger partial charge in [0, 0.05) is 17.1 Å². The number of hydrogen-bond acceptors (Lipinski definition) is 3. The molecule has 0 fully saturated rings. The van der Waals surface area contributed by atoms with Gasteiger partial charge in [0.25, 0.3) is 0 Å². The van der Waals surface area contributed by atoms with Crippen LogP contribution in [0.25, 0.3) is 10.9 Å². The topological polar surface area (TPSA) is 28.2 Å². The third-order valence-corrected chi connectivity index (χ3v) is 4.12. The van der Waals surface area contributed by atoms with E-state index in [1.165, 1.54) is 10.9 Å². The molecular formula is C16H23N3. The maximum atomic E-state index is 4.56. The van der Waals surface area contributed by atoms with Crippen LogP contribution in [0.1, 0.15) is 25.5 Å². The van der Waals surface area contributed by atoms with E-state index in [1.54, 1.807) is 0 Å². The number of para-hydroxylation sites is 1. The molecule has 1 unspecified atom stereocenters. The molecule has 19 heavy (non-hydrogen) atoms. The Labute approximate surface area is 115 Å². The Hall–Kier alpha value is -1.45. The van der Waals surface area contributed by atoms with E-state index in [0.29, 0.717) is 0 Å². The smallest absolute Gasteiger partial charge is 0.0750 e. The maximum Gasteiger partial charge on any atom is 0.0750 e. The first-order valence-corrected chi connectivity index (χ1v) is 6.67. The van der Waals surface area contributed by atoms with E-state index in [1.807, 2.05) is 19.3 Å². The van der Waals surface area contributed by atoms with Crippen LogP contribution in [0.3, 0.4) is 0 Å². The molecule has 0 bridgehead atoms. The summed E-state index contributed by atoms with van der Waals surface area (Å²) in [6.07, 6.45) is 1.86. The molecule has 1 atom stereocenters. The summed E-state index contributed by atoms with van der Waals surface area (Å²) in [6, 6.07) is 10.7. The van der Waals surface area contributed by atoms with Crippen molar-refractivity contribution in [1.82, 2.24) is 15.2 Å². The molecule has 1 heterocycles. The zero-order valence-corrected chi connectivity index (χ0v) is 12.4. The van der Waals surface area contributed by atoms with Gasteiger partial charge in [-0.3, -0.25) is 4.98 Å². The maximum absolute atomic E-state index is 4.56. The Morgan fingerprint density at radius 3 is 2.47 bits per heavy atom. The second-order valence-corrected chi connectivity index (χ2v) is 5.69. The van der Waals surface area contributed by atoms with Crippen LogP contribution in [0.4, 0.5) is 0 Å². The Balaban J connectivity index is 2.59. The largest absolute Gasteiger partial charge is 0.311 e. The lowest BCUT2D eigenvalue weighted by atomic mass is 9.86. The van der Waals surface area contributed by atoms with Crippen molar-refractivity contribution in [2.24, 2.45) is 0 Å². The van der Waals surface area contributed by atoms with Gasteiger partial charge in [-0.2, -0.15) is 0 Å².